The average Bonchev–Trinajstić information content (AvgIpc) is 2.98. The van der Waals surface area contributed by atoms with E-state index in [1.807, 2.05) is 19.1 Å². The molecular formula is C13H18ClNO. The van der Waals surface area contributed by atoms with Gasteiger partial charge >= 0.3 is 0 Å². The van der Waals surface area contributed by atoms with Gasteiger partial charge in [0, 0.05) is 16.1 Å². The topological polar surface area (TPSA) is 35.2 Å². The molecule has 1 aromatic carbocycles. The summed E-state index contributed by atoms with van der Waals surface area (Å²) in [6.07, 6.45) is 4.17. The summed E-state index contributed by atoms with van der Waals surface area (Å²) in [7, 11) is 1.69. The summed E-state index contributed by atoms with van der Waals surface area (Å²) in [5.41, 5.74) is 8.38. The van der Waals surface area contributed by atoms with Crippen molar-refractivity contribution in [3.8, 4) is 5.75 Å². The Morgan fingerprint density at radius 3 is 2.69 bits per heavy atom. The fourth-order valence-electron chi connectivity index (χ4n) is 2.02. The third-order valence-corrected chi connectivity index (χ3v) is 3.72. The molecule has 0 aliphatic heterocycles. The van der Waals surface area contributed by atoms with Crippen LogP contribution < -0.4 is 10.5 Å². The van der Waals surface area contributed by atoms with E-state index in [2.05, 4.69) is 0 Å². The van der Waals surface area contributed by atoms with E-state index in [9.17, 15) is 0 Å². The number of rotatable bonds is 4. The van der Waals surface area contributed by atoms with Crippen molar-refractivity contribution in [3.05, 3.63) is 28.3 Å². The number of hydrogen-bond acceptors (Lipinski definition) is 2. The molecule has 1 aliphatic carbocycles. The molecule has 1 saturated carbocycles. The zero-order chi connectivity index (χ0) is 11.8. The van der Waals surface area contributed by atoms with Crippen molar-refractivity contribution in [2.45, 2.75) is 38.1 Å². The van der Waals surface area contributed by atoms with E-state index < -0.39 is 0 Å². The van der Waals surface area contributed by atoms with Crippen LogP contribution in [0.25, 0.3) is 0 Å². The number of nitrogens with two attached hydrogens (primary N) is 1. The lowest BCUT2D eigenvalue weighted by Gasteiger charge is -2.15. The van der Waals surface area contributed by atoms with Crippen molar-refractivity contribution in [2.24, 2.45) is 5.73 Å². The minimum absolute atomic E-state index is 0.0675. The van der Waals surface area contributed by atoms with Gasteiger partial charge in [0.25, 0.3) is 0 Å². The van der Waals surface area contributed by atoms with Crippen molar-refractivity contribution in [1.82, 2.24) is 0 Å². The van der Waals surface area contributed by atoms with Crippen LogP contribution in [0.4, 0.5) is 0 Å². The molecule has 0 atom stereocenters. The van der Waals surface area contributed by atoms with E-state index in [-0.39, 0.29) is 5.54 Å². The van der Waals surface area contributed by atoms with Gasteiger partial charge in [-0.15, -0.1) is 0 Å². The summed E-state index contributed by atoms with van der Waals surface area (Å²) in [5, 5.41) is 0.784. The van der Waals surface area contributed by atoms with Gasteiger partial charge in [-0.05, 0) is 44.2 Å². The Morgan fingerprint density at radius 1 is 1.44 bits per heavy atom. The molecule has 16 heavy (non-hydrogen) atoms. The second-order valence-corrected chi connectivity index (χ2v) is 5.15. The van der Waals surface area contributed by atoms with Gasteiger partial charge < -0.3 is 10.5 Å². The molecular weight excluding hydrogens is 222 g/mol. The maximum atomic E-state index is 6.21. The number of methoxy groups -OCH3 is 1. The van der Waals surface area contributed by atoms with Crippen LogP contribution in [-0.2, 0) is 6.42 Å². The SMILES string of the molecule is COc1c(C)ccc(Cl)c1CCC1(N)CC1. The smallest absolute Gasteiger partial charge is 0.126 e. The summed E-state index contributed by atoms with van der Waals surface area (Å²) in [4.78, 5) is 0. The number of halogens is 1. The Bertz CT molecular complexity index is 399. The fraction of sp³-hybridized carbons (Fsp3) is 0.538. The van der Waals surface area contributed by atoms with Crippen molar-refractivity contribution in [1.29, 1.82) is 0 Å². The van der Waals surface area contributed by atoms with E-state index in [4.69, 9.17) is 22.1 Å². The van der Waals surface area contributed by atoms with Gasteiger partial charge in [0.15, 0.2) is 0 Å². The Labute approximate surface area is 102 Å². The van der Waals surface area contributed by atoms with E-state index in [0.29, 0.717) is 0 Å². The van der Waals surface area contributed by atoms with Crippen LogP contribution in [0.1, 0.15) is 30.4 Å². The van der Waals surface area contributed by atoms with Crippen LogP contribution in [0.15, 0.2) is 12.1 Å². The average molecular weight is 240 g/mol. The zero-order valence-corrected chi connectivity index (χ0v) is 10.6. The number of aryl methyl sites for hydroxylation is 1. The molecule has 0 spiro atoms. The zero-order valence-electron chi connectivity index (χ0n) is 9.85. The second kappa shape index (κ2) is 4.27. The highest BCUT2D eigenvalue weighted by Crippen LogP contribution is 2.39. The Morgan fingerprint density at radius 2 is 2.12 bits per heavy atom. The quantitative estimate of drug-likeness (QED) is 0.877. The number of hydrogen-bond donors (Lipinski definition) is 1. The first-order chi connectivity index (χ1) is 7.56. The third kappa shape index (κ3) is 2.33. The molecule has 2 N–H and O–H groups in total. The highest BCUT2D eigenvalue weighted by Gasteiger charge is 2.37. The molecule has 0 amide bonds. The molecule has 1 aromatic rings. The second-order valence-electron chi connectivity index (χ2n) is 4.74. The van der Waals surface area contributed by atoms with E-state index in [1.165, 1.54) is 0 Å². The van der Waals surface area contributed by atoms with Gasteiger partial charge in [-0.25, -0.2) is 0 Å². The molecule has 2 nitrogen and oxygen atoms in total. The molecule has 0 heterocycles. The normalized spacial score (nSPS) is 17.2. The molecule has 88 valence electrons. The molecule has 3 heteroatoms. The summed E-state index contributed by atoms with van der Waals surface area (Å²) in [6.45, 7) is 2.04. The van der Waals surface area contributed by atoms with Crippen LogP contribution >= 0.6 is 11.6 Å². The highest BCUT2D eigenvalue weighted by molar-refractivity contribution is 6.31. The van der Waals surface area contributed by atoms with E-state index in [0.717, 1.165) is 47.6 Å². The molecule has 2 rings (SSSR count). The van der Waals surface area contributed by atoms with Gasteiger partial charge in [0.1, 0.15) is 5.75 Å². The molecule has 1 aliphatic rings. The first-order valence-corrected chi connectivity index (χ1v) is 6.04. The summed E-state index contributed by atoms with van der Waals surface area (Å²) < 4.78 is 5.42. The summed E-state index contributed by atoms with van der Waals surface area (Å²) in [6, 6.07) is 3.92. The standard InChI is InChI=1S/C13H18ClNO/c1-9-3-4-11(14)10(12(9)16-2)5-6-13(15)7-8-13/h3-4H,5-8,15H2,1-2H3. The molecule has 0 aromatic heterocycles. The van der Waals surface area contributed by atoms with Crippen molar-refractivity contribution >= 4 is 11.6 Å². The predicted molar refractivity (Wildman–Crippen MR) is 67.2 cm³/mol. The molecule has 0 bridgehead atoms. The summed E-state index contributed by atoms with van der Waals surface area (Å²) >= 11 is 6.21. The molecule has 0 unspecified atom stereocenters. The fourth-order valence-corrected chi connectivity index (χ4v) is 2.27. The van der Waals surface area contributed by atoms with Crippen molar-refractivity contribution in [2.75, 3.05) is 7.11 Å². The third-order valence-electron chi connectivity index (χ3n) is 3.37. The van der Waals surface area contributed by atoms with Crippen molar-refractivity contribution < 1.29 is 4.74 Å². The minimum Gasteiger partial charge on any atom is -0.496 e. The van der Waals surface area contributed by atoms with E-state index >= 15 is 0 Å². The lowest BCUT2D eigenvalue weighted by atomic mass is 10.0. The monoisotopic (exact) mass is 239 g/mol. The number of benzene rings is 1. The lowest BCUT2D eigenvalue weighted by molar-refractivity contribution is 0.405. The van der Waals surface area contributed by atoms with Crippen LogP contribution in [-0.4, -0.2) is 12.6 Å². The van der Waals surface area contributed by atoms with E-state index in [1.54, 1.807) is 7.11 Å². The van der Waals surface area contributed by atoms with Gasteiger partial charge in [0.2, 0.25) is 0 Å². The Hall–Kier alpha value is -0.730. The van der Waals surface area contributed by atoms with Gasteiger partial charge in [-0.3, -0.25) is 0 Å². The minimum atomic E-state index is 0.0675. The molecule has 1 fully saturated rings. The highest BCUT2D eigenvalue weighted by atomic mass is 35.5. The maximum Gasteiger partial charge on any atom is 0.126 e. The molecule has 0 saturated heterocycles. The first-order valence-electron chi connectivity index (χ1n) is 5.66. The Balaban J connectivity index is 2.20. The Kier molecular flexibility index (Phi) is 3.13. The largest absolute Gasteiger partial charge is 0.496 e. The van der Waals surface area contributed by atoms with Gasteiger partial charge in [-0.1, -0.05) is 17.7 Å². The van der Waals surface area contributed by atoms with Crippen LogP contribution in [0.2, 0.25) is 5.02 Å². The lowest BCUT2D eigenvalue weighted by Crippen LogP contribution is -2.22. The predicted octanol–water partition coefficient (Wildman–Crippen LogP) is 3.08. The van der Waals surface area contributed by atoms with Crippen LogP contribution in [0, 0.1) is 6.92 Å². The van der Waals surface area contributed by atoms with Gasteiger partial charge in [0.05, 0.1) is 7.11 Å². The van der Waals surface area contributed by atoms with Crippen LogP contribution in [0.3, 0.4) is 0 Å². The first kappa shape index (κ1) is 11.7. The maximum absolute atomic E-state index is 6.21. The van der Waals surface area contributed by atoms with Gasteiger partial charge in [-0.2, -0.15) is 0 Å². The molecule has 0 radical (unpaired) electrons. The number of ether oxygens (including phenoxy) is 1. The van der Waals surface area contributed by atoms with Crippen molar-refractivity contribution in [3.63, 3.8) is 0 Å². The van der Waals surface area contributed by atoms with Crippen LogP contribution in [0.5, 0.6) is 5.75 Å². The summed E-state index contributed by atoms with van der Waals surface area (Å²) in [5.74, 6) is 0.914.